The van der Waals surface area contributed by atoms with Gasteiger partial charge >= 0.3 is 0 Å². The Bertz CT molecular complexity index is 682. The van der Waals surface area contributed by atoms with Crippen LogP contribution >= 0.6 is 12.2 Å². The molecule has 1 aliphatic rings. The van der Waals surface area contributed by atoms with Crippen LogP contribution in [-0.2, 0) is 16.0 Å². The van der Waals surface area contributed by atoms with Gasteiger partial charge in [0.05, 0.1) is 6.54 Å². The molecule has 4 unspecified atom stereocenters. The highest BCUT2D eigenvalue weighted by molar-refractivity contribution is 7.71. The van der Waals surface area contributed by atoms with E-state index in [2.05, 4.69) is 36.2 Å². The molecular formula is C16H21N3O2S. The first-order valence-corrected chi connectivity index (χ1v) is 7.90. The zero-order valence-corrected chi connectivity index (χ0v) is 13.8. The van der Waals surface area contributed by atoms with Crippen LogP contribution in [0.1, 0.15) is 31.3 Å². The van der Waals surface area contributed by atoms with Crippen molar-refractivity contribution in [2.45, 2.75) is 32.8 Å². The van der Waals surface area contributed by atoms with E-state index in [-0.39, 0.29) is 12.4 Å². The third-order valence-corrected chi connectivity index (χ3v) is 4.79. The molecule has 1 fully saturated rings. The van der Waals surface area contributed by atoms with Gasteiger partial charge in [0.2, 0.25) is 0 Å². The lowest BCUT2D eigenvalue weighted by Gasteiger charge is -2.16. The summed E-state index contributed by atoms with van der Waals surface area (Å²) in [6.45, 7) is 4.99. The summed E-state index contributed by atoms with van der Waals surface area (Å²) in [7, 11) is 1.68. The Hall–Kier alpha value is -1.50. The molecule has 4 atom stereocenters. The highest BCUT2D eigenvalue weighted by atomic mass is 32.1. The zero-order chi connectivity index (χ0) is 15.7. The molecule has 5 nitrogen and oxygen atoms in total. The molecular weight excluding hydrogens is 298 g/mol. The highest BCUT2D eigenvalue weighted by Gasteiger charge is 2.42. The normalized spacial score (nSPS) is 28.1. The number of benzene rings is 1. The van der Waals surface area contributed by atoms with Gasteiger partial charge < -0.3 is 9.47 Å². The van der Waals surface area contributed by atoms with Crippen LogP contribution in [0.2, 0.25) is 0 Å². The van der Waals surface area contributed by atoms with Crippen LogP contribution in [0.5, 0.6) is 0 Å². The van der Waals surface area contributed by atoms with Crippen LogP contribution in [0.3, 0.4) is 0 Å². The van der Waals surface area contributed by atoms with Crippen LogP contribution in [0, 0.1) is 16.6 Å². The summed E-state index contributed by atoms with van der Waals surface area (Å²) in [5, 5.41) is 7.31. The van der Waals surface area contributed by atoms with E-state index in [0.29, 0.717) is 23.2 Å². The molecule has 0 saturated carbocycles. The smallest absolute Gasteiger partial charge is 0.195 e. The van der Waals surface area contributed by atoms with E-state index in [0.717, 1.165) is 5.82 Å². The van der Waals surface area contributed by atoms with Crippen molar-refractivity contribution in [1.82, 2.24) is 14.8 Å². The Morgan fingerprint density at radius 1 is 1.27 bits per heavy atom. The molecule has 118 valence electrons. The molecule has 0 amide bonds. The number of nitrogens with one attached hydrogen (secondary N) is 1. The van der Waals surface area contributed by atoms with Crippen LogP contribution in [-0.4, -0.2) is 28.2 Å². The van der Waals surface area contributed by atoms with E-state index in [9.17, 15) is 0 Å². The van der Waals surface area contributed by atoms with Crippen LogP contribution in [0.25, 0.3) is 0 Å². The van der Waals surface area contributed by atoms with Gasteiger partial charge in [-0.15, -0.1) is 0 Å². The van der Waals surface area contributed by atoms with Crippen molar-refractivity contribution in [3.8, 4) is 0 Å². The van der Waals surface area contributed by atoms with Crippen LogP contribution < -0.4 is 0 Å². The van der Waals surface area contributed by atoms with E-state index in [4.69, 9.17) is 21.7 Å². The summed E-state index contributed by atoms with van der Waals surface area (Å²) < 4.78 is 14.1. The van der Waals surface area contributed by atoms with Gasteiger partial charge in [-0.25, -0.2) is 0 Å². The number of aromatic nitrogens is 3. The van der Waals surface area contributed by atoms with Crippen LogP contribution in [0.4, 0.5) is 0 Å². The zero-order valence-electron chi connectivity index (χ0n) is 13.0. The molecule has 1 aromatic carbocycles. The Morgan fingerprint density at radius 2 is 2.00 bits per heavy atom. The number of hydrogen-bond donors (Lipinski definition) is 1. The second-order valence-electron chi connectivity index (χ2n) is 5.84. The van der Waals surface area contributed by atoms with Crippen molar-refractivity contribution in [2.75, 3.05) is 7.11 Å². The van der Waals surface area contributed by atoms with E-state index in [1.807, 2.05) is 22.8 Å². The summed E-state index contributed by atoms with van der Waals surface area (Å²) in [6, 6.07) is 10.2. The molecule has 0 bridgehead atoms. The summed E-state index contributed by atoms with van der Waals surface area (Å²) in [5.41, 5.74) is 1.18. The third kappa shape index (κ3) is 2.74. The molecule has 1 aliphatic heterocycles. The number of methoxy groups -OCH3 is 1. The summed E-state index contributed by atoms with van der Waals surface area (Å²) in [4.78, 5) is 0. The number of nitrogens with zero attached hydrogens (tertiary/aromatic N) is 2. The lowest BCUT2D eigenvalue weighted by Crippen LogP contribution is -2.17. The molecule has 1 saturated heterocycles. The first-order chi connectivity index (χ1) is 10.6. The first kappa shape index (κ1) is 15.4. The number of ether oxygens (including phenoxy) is 2. The molecule has 0 aliphatic carbocycles. The maximum Gasteiger partial charge on any atom is 0.195 e. The average molecular weight is 319 g/mol. The summed E-state index contributed by atoms with van der Waals surface area (Å²) >= 11 is 5.39. The fourth-order valence-electron chi connectivity index (χ4n) is 2.95. The number of aromatic amines is 1. The minimum Gasteiger partial charge on any atom is -0.356 e. The lowest BCUT2D eigenvalue weighted by molar-refractivity contribution is -0.132. The highest BCUT2D eigenvalue weighted by Crippen LogP contribution is 2.41. The van der Waals surface area contributed by atoms with E-state index in [1.165, 1.54) is 5.56 Å². The van der Waals surface area contributed by atoms with E-state index >= 15 is 0 Å². The second kappa shape index (κ2) is 6.32. The Balaban J connectivity index is 1.91. The molecule has 6 heteroatoms. The van der Waals surface area contributed by atoms with Crippen LogP contribution in [0.15, 0.2) is 30.3 Å². The maximum absolute atomic E-state index is 6.04. The minimum absolute atomic E-state index is 0.114. The molecule has 0 spiro atoms. The molecule has 1 N–H and O–H groups in total. The Kier molecular flexibility index (Phi) is 4.42. The van der Waals surface area contributed by atoms with Crippen molar-refractivity contribution in [1.29, 1.82) is 0 Å². The van der Waals surface area contributed by atoms with Crippen molar-refractivity contribution < 1.29 is 9.47 Å². The average Bonchev–Trinajstić information content (AvgIpc) is 3.02. The molecule has 2 heterocycles. The Morgan fingerprint density at radius 3 is 2.64 bits per heavy atom. The number of rotatable bonds is 4. The van der Waals surface area contributed by atoms with Crippen molar-refractivity contribution in [3.05, 3.63) is 46.5 Å². The van der Waals surface area contributed by atoms with Crippen molar-refractivity contribution in [3.63, 3.8) is 0 Å². The lowest BCUT2D eigenvalue weighted by atomic mass is 9.93. The van der Waals surface area contributed by atoms with Gasteiger partial charge in [-0.2, -0.15) is 5.10 Å². The predicted molar refractivity (Wildman–Crippen MR) is 85.9 cm³/mol. The van der Waals surface area contributed by atoms with Crippen molar-refractivity contribution >= 4 is 12.2 Å². The SMILES string of the molecule is COC1OC(c2n[nH]c(=S)n2Cc2ccccc2)C(C)C1C. The third-order valence-electron chi connectivity index (χ3n) is 4.48. The standard InChI is InChI=1S/C16H21N3O2S/c1-10-11(2)15(20-3)21-13(10)14-17-18-16(22)19(14)9-12-7-5-4-6-8-12/h4-8,10-11,13,15H,9H2,1-3H3,(H,18,22). The van der Waals surface area contributed by atoms with Gasteiger partial charge in [0.15, 0.2) is 16.9 Å². The second-order valence-corrected chi connectivity index (χ2v) is 6.22. The largest absolute Gasteiger partial charge is 0.356 e. The van der Waals surface area contributed by atoms with Gasteiger partial charge in [0.25, 0.3) is 0 Å². The molecule has 1 aromatic heterocycles. The Labute approximate surface area is 135 Å². The van der Waals surface area contributed by atoms with Crippen molar-refractivity contribution in [2.24, 2.45) is 11.8 Å². The minimum atomic E-state index is -0.199. The van der Waals surface area contributed by atoms with Gasteiger partial charge in [-0.1, -0.05) is 44.2 Å². The van der Waals surface area contributed by atoms with Gasteiger partial charge in [0.1, 0.15) is 6.10 Å². The maximum atomic E-state index is 6.04. The number of hydrogen-bond acceptors (Lipinski definition) is 4. The first-order valence-electron chi connectivity index (χ1n) is 7.49. The quantitative estimate of drug-likeness (QED) is 0.879. The molecule has 22 heavy (non-hydrogen) atoms. The summed E-state index contributed by atoms with van der Waals surface area (Å²) in [5.74, 6) is 1.46. The number of H-pyrrole nitrogens is 1. The predicted octanol–water partition coefficient (Wildman–Crippen LogP) is 3.30. The fraction of sp³-hybridized carbons (Fsp3) is 0.500. The molecule has 2 aromatic rings. The monoisotopic (exact) mass is 319 g/mol. The van der Waals surface area contributed by atoms with E-state index < -0.39 is 0 Å². The molecule has 3 rings (SSSR count). The van der Waals surface area contributed by atoms with E-state index in [1.54, 1.807) is 7.11 Å². The topological polar surface area (TPSA) is 52.1 Å². The van der Waals surface area contributed by atoms with Gasteiger partial charge in [-0.3, -0.25) is 9.67 Å². The van der Waals surface area contributed by atoms with Gasteiger partial charge in [0, 0.05) is 13.0 Å². The molecule has 0 radical (unpaired) electrons. The van der Waals surface area contributed by atoms with Gasteiger partial charge in [-0.05, 0) is 23.7 Å². The summed E-state index contributed by atoms with van der Waals surface area (Å²) in [6.07, 6.45) is -0.313. The fourth-order valence-corrected chi connectivity index (χ4v) is 3.15.